The molecular formula is C23H31N5O2. The summed E-state index contributed by atoms with van der Waals surface area (Å²) in [5, 5.41) is 0. The molecule has 4 rings (SSSR count). The molecule has 0 N–H and O–H groups in total. The zero-order chi connectivity index (χ0) is 21.1. The van der Waals surface area contributed by atoms with Crippen LogP contribution < -0.4 is 9.80 Å². The number of ether oxygens (including phenoxy) is 1. The van der Waals surface area contributed by atoms with Gasteiger partial charge in [0.15, 0.2) is 0 Å². The molecule has 2 aromatic rings. The summed E-state index contributed by atoms with van der Waals surface area (Å²) in [7, 11) is 4.05. The lowest BCUT2D eigenvalue weighted by Crippen LogP contribution is -2.38. The number of aryl methyl sites for hydroxylation is 1. The minimum Gasteiger partial charge on any atom is -0.378 e. The van der Waals surface area contributed by atoms with E-state index in [4.69, 9.17) is 14.7 Å². The molecule has 160 valence electrons. The van der Waals surface area contributed by atoms with Crippen LogP contribution in [0.4, 0.5) is 11.8 Å². The van der Waals surface area contributed by atoms with E-state index in [0.717, 1.165) is 60.9 Å². The summed E-state index contributed by atoms with van der Waals surface area (Å²) in [6.45, 7) is 6.51. The highest BCUT2D eigenvalue weighted by molar-refractivity contribution is 5.94. The molecule has 30 heavy (non-hydrogen) atoms. The zero-order valence-electron chi connectivity index (χ0n) is 18.2. The van der Waals surface area contributed by atoms with Crippen LogP contribution in [0.15, 0.2) is 24.3 Å². The van der Waals surface area contributed by atoms with Gasteiger partial charge >= 0.3 is 0 Å². The molecule has 1 saturated heterocycles. The van der Waals surface area contributed by atoms with E-state index in [1.807, 2.05) is 43.3 Å². The van der Waals surface area contributed by atoms with Crippen molar-refractivity contribution < 1.29 is 9.53 Å². The molecule has 1 aromatic carbocycles. The number of amides is 1. The topological polar surface area (TPSA) is 61.8 Å². The second-order valence-corrected chi connectivity index (χ2v) is 8.11. The molecule has 7 heteroatoms. The molecule has 1 aromatic heterocycles. The lowest BCUT2D eigenvalue weighted by Gasteiger charge is -2.28. The normalized spacial score (nSPS) is 16.8. The first-order valence-electron chi connectivity index (χ1n) is 10.8. The maximum Gasteiger partial charge on any atom is 0.253 e. The summed E-state index contributed by atoms with van der Waals surface area (Å²) >= 11 is 0. The third-order valence-electron chi connectivity index (χ3n) is 5.92. The van der Waals surface area contributed by atoms with Crippen molar-refractivity contribution in [1.29, 1.82) is 0 Å². The van der Waals surface area contributed by atoms with Crippen molar-refractivity contribution in [1.82, 2.24) is 14.9 Å². The van der Waals surface area contributed by atoms with Crippen molar-refractivity contribution in [2.24, 2.45) is 0 Å². The SMILES string of the molecule is CCc1ccc(C(=O)N2CCc3nc(N4CCOCC4)nc(N(C)C)c3CC2)cc1. The van der Waals surface area contributed by atoms with Gasteiger partial charge in [-0.3, -0.25) is 4.79 Å². The van der Waals surface area contributed by atoms with Gasteiger partial charge in [-0.2, -0.15) is 4.98 Å². The highest BCUT2D eigenvalue weighted by Gasteiger charge is 2.26. The summed E-state index contributed by atoms with van der Waals surface area (Å²) < 4.78 is 5.48. The van der Waals surface area contributed by atoms with Gasteiger partial charge in [0.2, 0.25) is 5.95 Å². The summed E-state index contributed by atoms with van der Waals surface area (Å²) in [5.74, 6) is 1.83. The Hall–Kier alpha value is -2.67. The van der Waals surface area contributed by atoms with Crippen molar-refractivity contribution in [3.05, 3.63) is 46.6 Å². The van der Waals surface area contributed by atoms with E-state index in [1.54, 1.807) is 0 Å². The van der Waals surface area contributed by atoms with E-state index in [9.17, 15) is 4.79 Å². The Kier molecular flexibility index (Phi) is 6.18. The molecule has 0 aliphatic carbocycles. The van der Waals surface area contributed by atoms with Crippen LogP contribution in [0.5, 0.6) is 0 Å². The van der Waals surface area contributed by atoms with Gasteiger partial charge in [0.1, 0.15) is 5.82 Å². The van der Waals surface area contributed by atoms with Gasteiger partial charge in [0, 0.05) is 57.8 Å². The first kappa shape index (κ1) is 20.6. The summed E-state index contributed by atoms with van der Waals surface area (Å²) in [6, 6.07) is 7.98. The van der Waals surface area contributed by atoms with Gasteiger partial charge in [-0.1, -0.05) is 19.1 Å². The molecule has 0 bridgehead atoms. The second kappa shape index (κ2) is 9.00. The van der Waals surface area contributed by atoms with Crippen molar-refractivity contribution in [2.75, 3.05) is 63.3 Å². The Morgan fingerprint density at radius 2 is 1.73 bits per heavy atom. The molecule has 7 nitrogen and oxygen atoms in total. The number of nitrogens with zero attached hydrogens (tertiary/aromatic N) is 5. The minimum absolute atomic E-state index is 0.0956. The maximum atomic E-state index is 13.1. The van der Waals surface area contributed by atoms with Crippen molar-refractivity contribution in [2.45, 2.75) is 26.2 Å². The van der Waals surface area contributed by atoms with Crippen LogP contribution in [-0.2, 0) is 24.0 Å². The van der Waals surface area contributed by atoms with Gasteiger partial charge < -0.3 is 19.4 Å². The smallest absolute Gasteiger partial charge is 0.253 e. The Morgan fingerprint density at radius 3 is 2.40 bits per heavy atom. The molecule has 0 saturated carbocycles. The van der Waals surface area contributed by atoms with Crippen molar-refractivity contribution in [3.63, 3.8) is 0 Å². The Bertz CT molecular complexity index is 891. The number of fused-ring (bicyclic) bond motifs is 1. The second-order valence-electron chi connectivity index (χ2n) is 8.11. The first-order chi connectivity index (χ1) is 14.6. The van der Waals surface area contributed by atoms with E-state index >= 15 is 0 Å². The average Bonchev–Trinajstić information content (AvgIpc) is 3.01. The van der Waals surface area contributed by atoms with E-state index in [-0.39, 0.29) is 5.91 Å². The quantitative estimate of drug-likeness (QED) is 0.771. The van der Waals surface area contributed by atoms with Gasteiger partial charge in [-0.05, 0) is 30.5 Å². The van der Waals surface area contributed by atoms with Crippen molar-refractivity contribution in [3.8, 4) is 0 Å². The molecule has 2 aliphatic rings. The van der Waals surface area contributed by atoms with Gasteiger partial charge in [0.05, 0.1) is 18.9 Å². The van der Waals surface area contributed by atoms with Crippen LogP contribution >= 0.6 is 0 Å². The Morgan fingerprint density at radius 1 is 1.03 bits per heavy atom. The summed E-state index contributed by atoms with van der Waals surface area (Å²) in [5.41, 5.74) is 4.22. The number of hydrogen-bond donors (Lipinski definition) is 0. The molecule has 0 unspecified atom stereocenters. The fourth-order valence-corrected chi connectivity index (χ4v) is 4.11. The Labute approximate surface area is 178 Å². The highest BCUT2D eigenvalue weighted by atomic mass is 16.5. The summed E-state index contributed by atoms with van der Waals surface area (Å²) in [6.07, 6.45) is 2.49. The van der Waals surface area contributed by atoms with Gasteiger partial charge in [-0.25, -0.2) is 4.98 Å². The standard InChI is InChI=1S/C23H31N5O2/c1-4-17-5-7-18(8-6-17)22(29)27-11-9-19-20(10-12-27)24-23(25-21(19)26(2)3)28-13-15-30-16-14-28/h5-8H,4,9-16H2,1-3H3. The van der Waals surface area contributed by atoms with Crippen LogP contribution in [0.3, 0.4) is 0 Å². The third-order valence-corrected chi connectivity index (χ3v) is 5.92. The van der Waals surface area contributed by atoms with Crippen LogP contribution in [0.1, 0.15) is 34.1 Å². The monoisotopic (exact) mass is 409 g/mol. The minimum atomic E-state index is 0.0956. The molecular weight excluding hydrogens is 378 g/mol. The zero-order valence-corrected chi connectivity index (χ0v) is 18.2. The molecule has 0 spiro atoms. The molecule has 0 atom stereocenters. The lowest BCUT2D eigenvalue weighted by atomic mass is 10.1. The predicted molar refractivity (Wildman–Crippen MR) is 119 cm³/mol. The third kappa shape index (κ3) is 4.26. The maximum absolute atomic E-state index is 13.1. The largest absolute Gasteiger partial charge is 0.378 e. The van der Waals surface area contributed by atoms with E-state index in [1.165, 1.54) is 5.56 Å². The van der Waals surface area contributed by atoms with Crippen LogP contribution in [0, 0.1) is 0 Å². The van der Waals surface area contributed by atoms with Gasteiger partial charge in [0.25, 0.3) is 5.91 Å². The number of aromatic nitrogens is 2. The number of anilines is 2. The van der Waals surface area contributed by atoms with Crippen LogP contribution in [0.25, 0.3) is 0 Å². The van der Waals surface area contributed by atoms with E-state index < -0.39 is 0 Å². The van der Waals surface area contributed by atoms with Crippen molar-refractivity contribution >= 4 is 17.7 Å². The summed E-state index contributed by atoms with van der Waals surface area (Å²) in [4.78, 5) is 29.1. The van der Waals surface area contributed by atoms with E-state index in [0.29, 0.717) is 26.3 Å². The molecule has 2 aliphatic heterocycles. The lowest BCUT2D eigenvalue weighted by molar-refractivity contribution is 0.0763. The Balaban J connectivity index is 1.57. The molecule has 0 radical (unpaired) electrons. The van der Waals surface area contributed by atoms with E-state index in [2.05, 4.69) is 16.7 Å². The fraction of sp³-hybridized carbons (Fsp3) is 0.522. The van der Waals surface area contributed by atoms with Crippen LogP contribution in [-0.4, -0.2) is 74.3 Å². The number of morpholine rings is 1. The molecule has 1 amide bonds. The molecule has 3 heterocycles. The number of rotatable bonds is 4. The average molecular weight is 410 g/mol. The number of benzene rings is 1. The highest BCUT2D eigenvalue weighted by Crippen LogP contribution is 2.27. The number of carbonyl (C=O) groups is 1. The first-order valence-corrected chi connectivity index (χ1v) is 10.8. The predicted octanol–water partition coefficient (Wildman–Crippen LogP) is 2.18. The molecule has 1 fully saturated rings. The fourth-order valence-electron chi connectivity index (χ4n) is 4.11. The van der Waals surface area contributed by atoms with Crippen LogP contribution in [0.2, 0.25) is 0 Å². The van der Waals surface area contributed by atoms with Gasteiger partial charge in [-0.15, -0.1) is 0 Å². The number of hydrogen-bond acceptors (Lipinski definition) is 6. The number of carbonyl (C=O) groups excluding carboxylic acids is 1.